The molecule has 2 aliphatic rings. The van der Waals surface area contributed by atoms with Gasteiger partial charge >= 0.3 is 0 Å². The largest absolute Gasteiger partial charge is 0.393 e. The molecule has 0 spiro atoms. The summed E-state index contributed by atoms with van der Waals surface area (Å²) in [6.45, 7) is 5.99. The van der Waals surface area contributed by atoms with Gasteiger partial charge in [-0.15, -0.1) is 24.0 Å². The predicted molar refractivity (Wildman–Crippen MR) is 112 cm³/mol. The smallest absolute Gasteiger partial charge is 0.191 e. The number of hydrogen-bond donors (Lipinski definition) is 3. The van der Waals surface area contributed by atoms with Crippen LogP contribution in [-0.4, -0.2) is 47.3 Å². The second kappa shape index (κ2) is 11.8. The van der Waals surface area contributed by atoms with Crippen molar-refractivity contribution in [2.75, 3.05) is 18.8 Å². The first kappa shape index (κ1) is 21.4. The fraction of sp³-hybridized carbons (Fsp3) is 0.941. The molecule has 2 fully saturated rings. The molecule has 136 valence electrons. The highest BCUT2D eigenvalue weighted by atomic mass is 127. The molecule has 0 aromatic heterocycles. The molecule has 23 heavy (non-hydrogen) atoms. The maximum Gasteiger partial charge on any atom is 0.191 e. The monoisotopic (exact) mass is 455 g/mol. The first-order valence-corrected chi connectivity index (χ1v) is 10.1. The first-order chi connectivity index (χ1) is 10.7. The van der Waals surface area contributed by atoms with Gasteiger partial charge in [-0.3, -0.25) is 4.99 Å². The molecule has 6 heteroatoms. The SMILES string of the molecule is CCNC(=NCC1CCCC1O)NC1CCCC(SCC)C1.I. The number of halogens is 1. The minimum Gasteiger partial charge on any atom is -0.393 e. The van der Waals surface area contributed by atoms with E-state index in [2.05, 4.69) is 36.2 Å². The lowest BCUT2D eigenvalue weighted by atomic mass is 9.95. The number of thioether (sulfide) groups is 1. The molecule has 0 aliphatic heterocycles. The Morgan fingerprint density at radius 2 is 1.96 bits per heavy atom. The lowest BCUT2D eigenvalue weighted by Crippen LogP contribution is -2.46. The van der Waals surface area contributed by atoms with E-state index in [-0.39, 0.29) is 30.1 Å². The zero-order chi connectivity index (χ0) is 15.8. The van der Waals surface area contributed by atoms with Crippen LogP contribution in [0.1, 0.15) is 58.8 Å². The highest BCUT2D eigenvalue weighted by molar-refractivity contribution is 14.0. The molecule has 2 aliphatic carbocycles. The van der Waals surface area contributed by atoms with Crippen LogP contribution in [0.3, 0.4) is 0 Å². The Morgan fingerprint density at radius 1 is 1.17 bits per heavy atom. The number of nitrogens with one attached hydrogen (secondary N) is 2. The summed E-state index contributed by atoms with van der Waals surface area (Å²) in [5.74, 6) is 2.50. The van der Waals surface area contributed by atoms with Crippen molar-refractivity contribution in [1.82, 2.24) is 10.6 Å². The molecule has 4 nitrogen and oxygen atoms in total. The second-order valence-electron chi connectivity index (χ2n) is 6.56. The Kier molecular flexibility index (Phi) is 10.9. The summed E-state index contributed by atoms with van der Waals surface area (Å²) in [6, 6.07) is 0.545. The van der Waals surface area contributed by atoms with Crippen molar-refractivity contribution in [2.24, 2.45) is 10.9 Å². The van der Waals surface area contributed by atoms with Crippen LogP contribution in [-0.2, 0) is 0 Å². The molecule has 0 radical (unpaired) electrons. The van der Waals surface area contributed by atoms with Crippen molar-refractivity contribution >= 4 is 41.7 Å². The second-order valence-corrected chi connectivity index (χ2v) is 8.14. The molecule has 0 aromatic rings. The van der Waals surface area contributed by atoms with Gasteiger partial charge in [0.1, 0.15) is 0 Å². The van der Waals surface area contributed by atoms with E-state index in [0.29, 0.717) is 12.0 Å². The topological polar surface area (TPSA) is 56.7 Å². The fourth-order valence-electron chi connectivity index (χ4n) is 3.62. The van der Waals surface area contributed by atoms with E-state index < -0.39 is 0 Å². The van der Waals surface area contributed by atoms with E-state index in [9.17, 15) is 5.11 Å². The summed E-state index contributed by atoms with van der Waals surface area (Å²) in [7, 11) is 0. The molecular weight excluding hydrogens is 421 g/mol. The highest BCUT2D eigenvalue weighted by Gasteiger charge is 2.25. The lowest BCUT2D eigenvalue weighted by Gasteiger charge is -2.30. The van der Waals surface area contributed by atoms with E-state index in [1.807, 2.05) is 0 Å². The van der Waals surface area contributed by atoms with Crippen LogP contribution in [0.4, 0.5) is 0 Å². The highest BCUT2D eigenvalue weighted by Crippen LogP contribution is 2.28. The maximum atomic E-state index is 9.93. The number of aliphatic hydroxyl groups is 1. The third kappa shape index (κ3) is 7.38. The normalized spacial score (nSPS) is 31.5. The molecule has 2 saturated carbocycles. The molecular formula is C17H34IN3OS. The van der Waals surface area contributed by atoms with Gasteiger partial charge in [-0.05, 0) is 44.8 Å². The van der Waals surface area contributed by atoms with E-state index >= 15 is 0 Å². The summed E-state index contributed by atoms with van der Waals surface area (Å²) >= 11 is 2.10. The lowest BCUT2D eigenvalue weighted by molar-refractivity contribution is 0.136. The van der Waals surface area contributed by atoms with Crippen LogP contribution < -0.4 is 10.6 Å². The van der Waals surface area contributed by atoms with Crippen molar-refractivity contribution in [3.63, 3.8) is 0 Å². The third-order valence-electron chi connectivity index (χ3n) is 4.82. The van der Waals surface area contributed by atoms with Crippen LogP contribution in [0.2, 0.25) is 0 Å². The van der Waals surface area contributed by atoms with Gasteiger partial charge in [0.25, 0.3) is 0 Å². The molecule has 3 N–H and O–H groups in total. The number of nitrogens with zero attached hydrogens (tertiary/aromatic N) is 1. The standard InChI is InChI=1S/C17H33N3OS.HI/c1-3-18-17(19-12-13-7-5-10-16(13)21)20-14-8-6-9-15(11-14)22-4-2;/h13-16,21H,3-12H2,1-2H3,(H2,18,19,20);1H. The van der Waals surface area contributed by atoms with E-state index in [4.69, 9.17) is 4.99 Å². The number of rotatable bonds is 6. The number of guanidine groups is 1. The van der Waals surface area contributed by atoms with Gasteiger partial charge in [0.15, 0.2) is 5.96 Å². The van der Waals surface area contributed by atoms with Crippen molar-refractivity contribution < 1.29 is 5.11 Å². The van der Waals surface area contributed by atoms with Crippen molar-refractivity contribution in [1.29, 1.82) is 0 Å². The van der Waals surface area contributed by atoms with Crippen LogP contribution >= 0.6 is 35.7 Å². The number of aliphatic hydroxyl groups excluding tert-OH is 1. The molecule has 0 heterocycles. The van der Waals surface area contributed by atoms with Gasteiger partial charge in [0.05, 0.1) is 6.10 Å². The molecule has 0 saturated heterocycles. The Labute approximate surface area is 163 Å². The summed E-state index contributed by atoms with van der Waals surface area (Å²) < 4.78 is 0. The maximum absolute atomic E-state index is 9.93. The Morgan fingerprint density at radius 3 is 2.61 bits per heavy atom. The van der Waals surface area contributed by atoms with Crippen LogP contribution in [0.5, 0.6) is 0 Å². The first-order valence-electron chi connectivity index (χ1n) is 9.07. The number of hydrogen-bond acceptors (Lipinski definition) is 3. The third-order valence-corrected chi connectivity index (χ3v) is 6.05. The van der Waals surface area contributed by atoms with Gasteiger partial charge in [-0.25, -0.2) is 0 Å². The average Bonchev–Trinajstić information content (AvgIpc) is 2.91. The van der Waals surface area contributed by atoms with Crippen LogP contribution in [0.25, 0.3) is 0 Å². The van der Waals surface area contributed by atoms with Crippen molar-refractivity contribution in [3.8, 4) is 0 Å². The molecule has 2 rings (SSSR count). The van der Waals surface area contributed by atoms with Crippen LogP contribution in [0, 0.1) is 5.92 Å². The van der Waals surface area contributed by atoms with Gasteiger partial charge in [-0.1, -0.05) is 19.8 Å². The summed E-state index contributed by atoms with van der Waals surface area (Å²) in [5.41, 5.74) is 0. The quantitative estimate of drug-likeness (QED) is 0.327. The molecule has 4 atom stereocenters. The number of aliphatic imine (C=N–C) groups is 1. The molecule has 0 amide bonds. The fourth-order valence-corrected chi connectivity index (χ4v) is 4.79. The van der Waals surface area contributed by atoms with E-state index in [1.165, 1.54) is 31.4 Å². The van der Waals surface area contributed by atoms with Gasteiger partial charge in [-0.2, -0.15) is 11.8 Å². The summed E-state index contributed by atoms with van der Waals surface area (Å²) in [5, 5.41) is 17.7. The molecule has 4 unspecified atom stereocenters. The minimum atomic E-state index is -0.147. The zero-order valence-electron chi connectivity index (χ0n) is 14.6. The average molecular weight is 455 g/mol. The van der Waals surface area contributed by atoms with Gasteiger partial charge < -0.3 is 15.7 Å². The summed E-state index contributed by atoms with van der Waals surface area (Å²) in [4.78, 5) is 4.74. The molecule has 0 aromatic carbocycles. The van der Waals surface area contributed by atoms with Gasteiger partial charge in [0.2, 0.25) is 0 Å². The zero-order valence-corrected chi connectivity index (χ0v) is 17.7. The van der Waals surface area contributed by atoms with Crippen molar-refractivity contribution in [3.05, 3.63) is 0 Å². The Balaban J connectivity index is 0.00000264. The predicted octanol–water partition coefficient (Wildman–Crippen LogP) is 3.38. The summed E-state index contributed by atoms with van der Waals surface area (Å²) in [6.07, 6.45) is 8.22. The van der Waals surface area contributed by atoms with Crippen molar-refractivity contribution in [2.45, 2.75) is 76.2 Å². The Hall–Kier alpha value is 0.310. The van der Waals surface area contributed by atoms with Gasteiger partial charge in [0, 0.05) is 30.3 Å². The molecule has 0 bridgehead atoms. The van der Waals surface area contributed by atoms with E-state index in [0.717, 1.165) is 43.6 Å². The van der Waals surface area contributed by atoms with Crippen LogP contribution in [0.15, 0.2) is 4.99 Å². The van der Waals surface area contributed by atoms with E-state index in [1.54, 1.807) is 0 Å². The Bertz CT molecular complexity index is 355. The minimum absolute atomic E-state index is 0.